The molecule has 0 bridgehead atoms. The molecule has 0 amide bonds. The summed E-state index contributed by atoms with van der Waals surface area (Å²) >= 11 is -3.04. The average molecular weight is 742 g/mol. The van der Waals surface area contributed by atoms with Gasteiger partial charge in [-0.2, -0.15) is 0 Å². The Bertz CT molecular complexity index is 1940. The van der Waals surface area contributed by atoms with E-state index >= 15 is 0 Å². The number of benzene rings is 4. The van der Waals surface area contributed by atoms with Gasteiger partial charge in [0.25, 0.3) is 0 Å². The van der Waals surface area contributed by atoms with Gasteiger partial charge in [0.15, 0.2) is 0 Å². The summed E-state index contributed by atoms with van der Waals surface area (Å²) in [6, 6.07) is 29.6. The number of carbonyl (C=O) groups is 1. The first-order valence-electron chi connectivity index (χ1n) is 18.2. The van der Waals surface area contributed by atoms with Gasteiger partial charge in [0, 0.05) is 0 Å². The number of hydrogen-bond acceptors (Lipinski definition) is 5. The topological polar surface area (TPSA) is 71.2 Å². The fourth-order valence-corrected chi connectivity index (χ4v) is 11.6. The van der Waals surface area contributed by atoms with Crippen LogP contribution in [0.2, 0.25) is 0 Å². The second kappa shape index (κ2) is 14.1. The van der Waals surface area contributed by atoms with Crippen molar-refractivity contribution in [3.05, 3.63) is 129 Å². The minimum atomic E-state index is -3.04. The summed E-state index contributed by atoms with van der Waals surface area (Å²) in [5.74, 6) is 0.438. The summed E-state index contributed by atoms with van der Waals surface area (Å²) in [7, 11) is 0. The number of rotatable bonds is 7. The van der Waals surface area contributed by atoms with Crippen molar-refractivity contribution < 1.29 is 27.9 Å². The zero-order valence-electron chi connectivity index (χ0n) is 33.4. The molecule has 0 spiro atoms. The number of ether oxygens (including phenoxy) is 1. The Balaban J connectivity index is 1.81. The van der Waals surface area contributed by atoms with Crippen LogP contribution in [0, 0.1) is 0 Å². The predicted molar refractivity (Wildman–Crippen MR) is 214 cm³/mol. The third-order valence-corrected chi connectivity index (χ3v) is 14.2. The van der Waals surface area contributed by atoms with Gasteiger partial charge in [0.2, 0.25) is 0 Å². The van der Waals surface area contributed by atoms with E-state index in [1.165, 1.54) is 18.1 Å². The van der Waals surface area contributed by atoms with E-state index in [1.54, 1.807) is 0 Å². The van der Waals surface area contributed by atoms with E-state index in [4.69, 9.17) is 12.8 Å². The summed E-state index contributed by atoms with van der Waals surface area (Å²) in [5, 5.41) is 11.8. The van der Waals surface area contributed by atoms with Crippen LogP contribution in [0.25, 0.3) is 0 Å². The van der Waals surface area contributed by atoms with E-state index in [0.717, 1.165) is 27.8 Å². The second-order valence-corrected chi connectivity index (χ2v) is 22.1. The number of carbonyl (C=O) groups excluding carboxylic acids is 1. The molecule has 5 nitrogen and oxygen atoms in total. The number of hydrogen-bond donors (Lipinski definition) is 1. The van der Waals surface area contributed by atoms with Gasteiger partial charge < -0.3 is 0 Å². The van der Waals surface area contributed by atoms with Gasteiger partial charge in [0.1, 0.15) is 0 Å². The number of esters is 1. The number of phenolic OH excluding ortho intramolecular Hbond substituents is 1. The van der Waals surface area contributed by atoms with Crippen molar-refractivity contribution >= 4 is 18.4 Å². The van der Waals surface area contributed by atoms with E-state index in [-0.39, 0.29) is 43.0 Å². The first kappa shape index (κ1) is 39.2. The molecule has 4 aromatic carbocycles. The third kappa shape index (κ3) is 8.29. The van der Waals surface area contributed by atoms with Gasteiger partial charge in [-0.3, -0.25) is 0 Å². The van der Waals surface area contributed by atoms with Gasteiger partial charge in [-0.25, -0.2) is 0 Å². The second-order valence-electron chi connectivity index (χ2n) is 18.2. The van der Waals surface area contributed by atoms with Crippen LogP contribution in [-0.4, -0.2) is 23.5 Å². The normalized spacial score (nSPS) is 20.9. The quantitative estimate of drug-likeness (QED) is 0.0887. The fraction of sp³-hybridized carbons (Fsp3) is 0.413. The van der Waals surface area contributed by atoms with Gasteiger partial charge >= 0.3 is 317 Å². The molecule has 2 atom stereocenters. The molecule has 52 heavy (non-hydrogen) atoms. The van der Waals surface area contributed by atoms with Crippen molar-refractivity contribution in [2.75, 3.05) is 0 Å². The summed E-state index contributed by atoms with van der Waals surface area (Å²) < 4.78 is 17.2. The van der Waals surface area contributed by atoms with E-state index in [2.05, 4.69) is 156 Å². The maximum atomic E-state index is 12.6. The Morgan fingerprint density at radius 2 is 1.02 bits per heavy atom. The van der Waals surface area contributed by atoms with E-state index < -0.39 is 13.3 Å². The van der Waals surface area contributed by atoms with Crippen molar-refractivity contribution in [2.45, 2.75) is 121 Å². The molecule has 1 heterocycles. The molecule has 1 aliphatic heterocycles. The van der Waals surface area contributed by atoms with Crippen LogP contribution in [0.5, 0.6) is 11.5 Å². The van der Waals surface area contributed by atoms with Crippen molar-refractivity contribution in [1.29, 1.82) is 0 Å². The standard InChI is InChI=1S/C17H24NO2.C15H22NO.C14H12.Mn/c1-11(19)20-15-12(10-18)8-13(16(2,3)4)9-14(15)17(5,6)7;1-14(2,3)11-7-10(9-16)13(17)12(8-11)15(4,5)6;1-3-7-13(8-4-1)11-12-14-9-5-2-6-10-14;/h8-10H,1-7H3;7-9,17H,1-6H3;1-12H;/q2*-1;;+2. The molecule has 6 heteroatoms. The molecule has 0 unspecified atom stereocenters. The molecule has 0 aliphatic carbocycles. The molecule has 1 fully saturated rings. The summed E-state index contributed by atoms with van der Waals surface area (Å²) in [5.41, 5.74) is 7.18. The van der Waals surface area contributed by atoms with Crippen LogP contribution in [0.1, 0.15) is 144 Å². The van der Waals surface area contributed by atoms with E-state index in [1.807, 2.05) is 24.6 Å². The Morgan fingerprint density at radius 1 is 0.615 bits per heavy atom. The number of phenols is 1. The van der Waals surface area contributed by atoms with Crippen LogP contribution in [0.3, 0.4) is 0 Å². The first-order valence-corrected chi connectivity index (χ1v) is 20.7. The average Bonchev–Trinajstić information content (AvgIpc) is 3.70. The predicted octanol–water partition coefficient (Wildman–Crippen LogP) is 11.5. The zero-order chi connectivity index (χ0) is 38.4. The minimum absolute atomic E-state index is 0.0607. The first-order chi connectivity index (χ1) is 24.0. The molecule has 277 valence electrons. The summed E-state index contributed by atoms with van der Waals surface area (Å²) in [6.07, 6.45) is 3.82. The number of aromatic hydroxyl groups is 1. The number of nitrogens with zero attached hydrogens (tertiary/aromatic N) is 2. The zero-order valence-corrected chi connectivity index (χ0v) is 34.6. The van der Waals surface area contributed by atoms with Crippen LogP contribution in [0.4, 0.5) is 0 Å². The van der Waals surface area contributed by atoms with Crippen molar-refractivity contribution in [2.24, 2.45) is 8.02 Å². The monoisotopic (exact) mass is 741 g/mol. The fourth-order valence-electron chi connectivity index (χ4n) is 6.53. The van der Waals surface area contributed by atoms with Crippen molar-refractivity contribution in [1.82, 2.24) is 0 Å². The summed E-state index contributed by atoms with van der Waals surface area (Å²) in [4.78, 5) is 12.7. The SMILES string of the molecule is CC(=O)Oc1c(C=[N][Mn]2([N]=Cc3cc(C(C)(C)C)cc(C(C)(C)C)c3O)[C@H](c3ccccc3)[C@H]2c2ccccc2)cc(C(C)(C)C)cc1C(C)(C)C. The third-order valence-electron chi connectivity index (χ3n) is 9.66. The Hall–Kier alpha value is -3.99. The molecule has 5 rings (SSSR count). The van der Waals surface area contributed by atoms with E-state index in [9.17, 15) is 9.90 Å². The van der Waals surface area contributed by atoms with Gasteiger partial charge in [-0.15, -0.1) is 0 Å². The molecular weight excluding hydrogens is 683 g/mol. The Labute approximate surface area is 315 Å². The van der Waals surface area contributed by atoms with Gasteiger partial charge in [0.05, 0.1) is 0 Å². The van der Waals surface area contributed by atoms with E-state index in [0.29, 0.717) is 11.3 Å². The molecule has 1 aliphatic rings. The van der Waals surface area contributed by atoms with Gasteiger partial charge in [-0.1, -0.05) is 0 Å². The molecule has 0 aromatic heterocycles. The maximum absolute atomic E-state index is 12.6. The Kier molecular flexibility index (Phi) is 10.6. The molecule has 1 saturated heterocycles. The molecule has 4 aromatic rings. The molecule has 1 N–H and O–H groups in total. The van der Waals surface area contributed by atoms with Crippen LogP contribution >= 0.6 is 0 Å². The molecular formula is C46H58MnN2O3. The summed E-state index contributed by atoms with van der Waals surface area (Å²) in [6.45, 7) is 27.5. The van der Waals surface area contributed by atoms with Crippen LogP contribution in [-0.2, 0) is 39.7 Å². The van der Waals surface area contributed by atoms with Crippen molar-refractivity contribution in [3.63, 3.8) is 0 Å². The van der Waals surface area contributed by atoms with Crippen LogP contribution < -0.4 is 4.74 Å². The molecule has 0 radical (unpaired) electrons. The van der Waals surface area contributed by atoms with Crippen LogP contribution in [0.15, 0.2) is 92.9 Å². The van der Waals surface area contributed by atoms with Gasteiger partial charge in [-0.05, 0) is 0 Å². The molecule has 0 saturated carbocycles. The van der Waals surface area contributed by atoms with Crippen molar-refractivity contribution in [3.8, 4) is 11.5 Å². The Morgan fingerprint density at radius 3 is 1.42 bits per heavy atom.